The van der Waals surface area contributed by atoms with Crippen LogP contribution in [0.3, 0.4) is 0 Å². The van der Waals surface area contributed by atoms with E-state index in [1.807, 2.05) is 41.3 Å². The number of hydrogen-bond acceptors (Lipinski definition) is 5. The van der Waals surface area contributed by atoms with Crippen molar-refractivity contribution in [2.75, 3.05) is 26.2 Å². The van der Waals surface area contributed by atoms with Crippen molar-refractivity contribution in [3.8, 4) is 0 Å². The molecule has 0 radical (unpaired) electrons. The summed E-state index contributed by atoms with van der Waals surface area (Å²) in [6.07, 6.45) is 6.43. The van der Waals surface area contributed by atoms with E-state index in [2.05, 4.69) is 21.3 Å². The van der Waals surface area contributed by atoms with Gasteiger partial charge in [0.25, 0.3) is 0 Å². The molecule has 1 aromatic carbocycles. The molecule has 0 aromatic heterocycles. The molecule has 3 N–H and O–H groups in total. The number of carbonyl (C=O) groups excluding carboxylic acids is 2. The normalized spacial score (nSPS) is 33.9. The van der Waals surface area contributed by atoms with E-state index in [1.54, 1.807) is 6.08 Å². The number of nitrogens with one attached hydrogen (secondary N) is 3. The molecule has 3 heterocycles. The summed E-state index contributed by atoms with van der Waals surface area (Å²) >= 11 is 0. The predicted octanol–water partition coefficient (Wildman–Crippen LogP) is 0.766. The minimum atomic E-state index is 0.0757. The highest BCUT2D eigenvalue weighted by atomic mass is 16.2. The fraction of sp³-hybridized carbons (Fsp3) is 0.545. The van der Waals surface area contributed by atoms with E-state index >= 15 is 0 Å². The lowest BCUT2D eigenvalue weighted by Gasteiger charge is -2.32. The van der Waals surface area contributed by atoms with Crippen LogP contribution in [0.15, 0.2) is 36.4 Å². The average Bonchev–Trinajstić information content (AvgIpc) is 3.46. The van der Waals surface area contributed by atoms with Crippen LogP contribution in [0.5, 0.6) is 0 Å². The molecule has 2 amide bonds. The van der Waals surface area contributed by atoms with Gasteiger partial charge in [0.2, 0.25) is 11.8 Å². The molecule has 7 nitrogen and oxygen atoms in total. The van der Waals surface area contributed by atoms with Gasteiger partial charge in [-0.25, -0.2) is 10.9 Å². The molecule has 1 aromatic rings. The lowest BCUT2D eigenvalue weighted by Crippen LogP contribution is -2.45. The van der Waals surface area contributed by atoms with E-state index < -0.39 is 0 Å². The molecule has 1 saturated carbocycles. The number of amides is 2. The Morgan fingerprint density at radius 1 is 0.897 bits per heavy atom. The first-order valence-electron chi connectivity index (χ1n) is 10.7. The summed E-state index contributed by atoms with van der Waals surface area (Å²) in [7, 11) is 0. The predicted molar refractivity (Wildman–Crippen MR) is 110 cm³/mol. The van der Waals surface area contributed by atoms with Crippen molar-refractivity contribution in [2.45, 2.75) is 31.3 Å². The van der Waals surface area contributed by atoms with Crippen LogP contribution in [0.25, 0.3) is 6.08 Å². The summed E-state index contributed by atoms with van der Waals surface area (Å²) in [6.45, 7) is 3.11. The van der Waals surface area contributed by atoms with Crippen molar-refractivity contribution >= 4 is 17.9 Å². The fourth-order valence-electron chi connectivity index (χ4n) is 5.40. The summed E-state index contributed by atoms with van der Waals surface area (Å²) in [5.41, 5.74) is 10.5. The van der Waals surface area contributed by atoms with Crippen molar-refractivity contribution in [1.82, 2.24) is 26.2 Å². The van der Waals surface area contributed by atoms with E-state index in [0.717, 1.165) is 51.0 Å². The number of hydrazine groups is 2. The molecular formula is C22H29N5O2. The highest BCUT2D eigenvalue weighted by molar-refractivity contribution is 5.92. The second-order valence-corrected chi connectivity index (χ2v) is 8.89. The van der Waals surface area contributed by atoms with Gasteiger partial charge in [0.05, 0.1) is 0 Å². The molecule has 3 unspecified atom stereocenters. The molecule has 3 saturated heterocycles. The van der Waals surface area contributed by atoms with Crippen molar-refractivity contribution in [3.63, 3.8) is 0 Å². The maximum Gasteiger partial charge on any atom is 0.246 e. The van der Waals surface area contributed by atoms with E-state index in [4.69, 9.17) is 0 Å². The second kappa shape index (κ2) is 7.89. The minimum absolute atomic E-state index is 0.0757. The molecule has 29 heavy (non-hydrogen) atoms. The number of hydrogen-bond donors (Lipinski definition) is 3. The maximum absolute atomic E-state index is 13.1. The number of likely N-dealkylation sites (tertiary alicyclic amines) is 2. The first kappa shape index (κ1) is 18.8. The first-order valence-corrected chi connectivity index (χ1v) is 10.7. The van der Waals surface area contributed by atoms with Crippen LogP contribution < -0.4 is 16.4 Å². The third-order valence-corrected chi connectivity index (χ3v) is 7.04. The average molecular weight is 396 g/mol. The van der Waals surface area contributed by atoms with Crippen LogP contribution in [-0.4, -0.2) is 59.9 Å². The molecule has 5 rings (SSSR count). The number of carbonyl (C=O) groups is 2. The van der Waals surface area contributed by atoms with Crippen LogP contribution >= 0.6 is 0 Å². The van der Waals surface area contributed by atoms with Crippen LogP contribution in [0, 0.1) is 17.8 Å². The highest BCUT2D eigenvalue weighted by Crippen LogP contribution is 2.34. The molecule has 0 bridgehead atoms. The van der Waals surface area contributed by atoms with Gasteiger partial charge in [-0.2, -0.15) is 5.53 Å². The molecule has 1 aliphatic carbocycles. The number of benzene rings is 1. The smallest absolute Gasteiger partial charge is 0.246 e. The molecule has 3 aliphatic heterocycles. The SMILES string of the molecule is O=C(/C=C/c1ccccc1)N1C[C@@H]2CN(C(=O)C3CCC4NNNC4C3)C[C@H]2C1. The second-order valence-electron chi connectivity index (χ2n) is 8.89. The molecule has 7 heteroatoms. The third kappa shape index (κ3) is 3.82. The molecule has 4 fully saturated rings. The first-order chi connectivity index (χ1) is 14.2. The number of nitrogens with zero attached hydrogens (tertiary/aromatic N) is 2. The van der Waals surface area contributed by atoms with Crippen molar-refractivity contribution in [1.29, 1.82) is 0 Å². The zero-order chi connectivity index (χ0) is 19.8. The minimum Gasteiger partial charge on any atom is -0.342 e. The van der Waals surface area contributed by atoms with Gasteiger partial charge in [-0.05, 0) is 30.9 Å². The monoisotopic (exact) mass is 395 g/mol. The Morgan fingerprint density at radius 3 is 2.34 bits per heavy atom. The summed E-state index contributed by atoms with van der Waals surface area (Å²) < 4.78 is 0. The number of rotatable bonds is 3. The lowest BCUT2D eigenvalue weighted by atomic mass is 9.82. The largest absolute Gasteiger partial charge is 0.342 e. The quantitative estimate of drug-likeness (QED) is 0.659. The lowest BCUT2D eigenvalue weighted by molar-refractivity contribution is -0.136. The van der Waals surface area contributed by atoms with Crippen LogP contribution in [0.2, 0.25) is 0 Å². The zero-order valence-electron chi connectivity index (χ0n) is 16.6. The number of fused-ring (bicyclic) bond motifs is 2. The summed E-state index contributed by atoms with van der Waals surface area (Å²) in [4.78, 5) is 29.6. The molecule has 0 spiro atoms. The van der Waals surface area contributed by atoms with E-state index in [0.29, 0.717) is 29.8 Å². The Labute approximate surface area is 171 Å². The molecule has 5 atom stereocenters. The van der Waals surface area contributed by atoms with Gasteiger partial charge in [-0.15, -0.1) is 0 Å². The Morgan fingerprint density at radius 2 is 1.59 bits per heavy atom. The topological polar surface area (TPSA) is 76.7 Å². The van der Waals surface area contributed by atoms with Gasteiger partial charge in [-0.1, -0.05) is 30.3 Å². The molecule has 4 aliphatic rings. The van der Waals surface area contributed by atoms with Crippen LogP contribution in [-0.2, 0) is 9.59 Å². The van der Waals surface area contributed by atoms with Gasteiger partial charge in [0.15, 0.2) is 0 Å². The van der Waals surface area contributed by atoms with Crippen molar-refractivity contribution in [3.05, 3.63) is 42.0 Å². The van der Waals surface area contributed by atoms with Crippen LogP contribution in [0.4, 0.5) is 0 Å². The fourth-order valence-corrected chi connectivity index (χ4v) is 5.40. The summed E-state index contributed by atoms with van der Waals surface area (Å²) in [5, 5.41) is 0. The summed E-state index contributed by atoms with van der Waals surface area (Å²) in [6, 6.07) is 10.7. The van der Waals surface area contributed by atoms with Crippen molar-refractivity contribution < 1.29 is 9.59 Å². The van der Waals surface area contributed by atoms with Crippen molar-refractivity contribution in [2.24, 2.45) is 17.8 Å². The van der Waals surface area contributed by atoms with Gasteiger partial charge in [-0.3, -0.25) is 9.59 Å². The third-order valence-electron chi connectivity index (χ3n) is 7.04. The maximum atomic E-state index is 13.1. The van der Waals surface area contributed by atoms with Crippen LogP contribution in [0.1, 0.15) is 24.8 Å². The molecular weight excluding hydrogens is 366 g/mol. The van der Waals surface area contributed by atoms with Gasteiger partial charge in [0, 0.05) is 62.1 Å². The summed E-state index contributed by atoms with van der Waals surface area (Å²) in [5.74, 6) is 1.34. The zero-order valence-corrected chi connectivity index (χ0v) is 16.6. The van der Waals surface area contributed by atoms with E-state index in [9.17, 15) is 9.59 Å². The highest BCUT2D eigenvalue weighted by Gasteiger charge is 2.45. The Balaban J connectivity index is 1.13. The van der Waals surface area contributed by atoms with Gasteiger partial charge < -0.3 is 9.80 Å². The van der Waals surface area contributed by atoms with Gasteiger partial charge in [0.1, 0.15) is 0 Å². The van der Waals surface area contributed by atoms with Gasteiger partial charge >= 0.3 is 0 Å². The molecule has 154 valence electrons. The standard InChI is InChI=1S/C22H29N5O2/c28-21(9-6-15-4-2-1-3-5-15)26-11-17-13-27(14-18(17)12-26)22(29)16-7-8-19-20(10-16)24-25-23-19/h1-6,9,16-20,23-25H,7-8,10-14H2/b9-6+/t16?,17-,18-,19?,20?/m1/s1. The Hall–Kier alpha value is -2.22. The Bertz CT molecular complexity index is 784. The van der Waals surface area contributed by atoms with E-state index in [-0.39, 0.29) is 11.8 Å². The Kier molecular flexibility index (Phi) is 5.11. The van der Waals surface area contributed by atoms with E-state index in [1.165, 1.54) is 0 Å².